The van der Waals surface area contributed by atoms with Crippen molar-refractivity contribution >= 4 is 13.6 Å². The summed E-state index contributed by atoms with van der Waals surface area (Å²) in [5.74, 6) is -0.827. The molecule has 11 nitrogen and oxygen atoms in total. The average molecular weight is 381 g/mol. The summed E-state index contributed by atoms with van der Waals surface area (Å²) in [6.07, 6.45) is -4.41. The predicted octanol–water partition coefficient (Wildman–Crippen LogP) is 1.33. The second kappa shape index (κ2) is 10.1. The van der Waals surface area contributed by atoms with E-state index in [4.69, 9.17) is 24.1 Å². The van der Waals surface area contributed by atoms with Gasteiger partial charge < -0.3 is 28.7 Å². The van der Waals surface area contributed by atoms with E-state index in [0.29, 0.717) is 0 Å². The fourth-order valence-electron chi connectivity index (χ4n) is 2.52. The molecule has 0 bridgehead atoms. The molecule has 0 aromatic rings. The van der Waals surface area contributed by atoms with E-state index in [0.717, 1.165) is 0 Å². The van der Waals surface area contributed by atoms with Gasteiger partial charge in [-0.2, -0.15) is 0 Å². The highest BCUT2D eigenvalue weighted by Crippen LogP contribution is 2.55. The van der Waals surface area contributed by atoms with Gasteiger partial charge in [-0.05, 0) is 32.7 Å². The predicted molar refractivity (Wildman–Crippen MR) is 85.7 cm³/mol. The molecule has 1 saturated heterocycles. The van der Waals surface area contributed by atoms with Crippen molar-refractivity contribution in [1.29, 1.82) is 0 Å². The summed E-state index contributed by atoms with van der Waals surface area (Å²) in [5.41, 5.74) is 7.26. The lowest BCUT2D eigenvalue weighted by atomic mass is 10.0. The molecule has 144 valence electrons. The summed E-state index contributed by atoms with van der Waals surface area (Å²) < 4.78 is 33.5. The van der Waals surface area contributed by atoms with Crippen LogP contribution >= 0.6 is 7.60 Å². The smallest absolute Gasteiger partial charge is 0.344 e. The van der Waals surface area contributed by atoms with Gasteiger partial charge in [0.05, 0.1) is 32.0 Å². The highest BCUT2D eigenvalue weighted by atomic mass is 31.2. The molecule has 0 aliphatic carbocycles. The van der Waals surface area contributed by atoms with Crippen LogP contribution in [0.25, 0.3) is 10.4 Å². The summed E-state index contributed by atoms with van der Waals surface area (Å²) >= 11 is 0. The Hall–Kier alpha value is -1.19. The standard InChI is InChI=1S/C13H24N3O8P/c1-4-21-12(18)9(25(20,22-5-2)23-6-3)7-8-10(15-16-14)11(17)13(19)24-8/h8-11,13,17,19H,4-7H2,1-3H3. The number of carbonyl (C=O) groups is 1. The van der Waals surface area contributed by atoms with Gasteiger partial charge in [0, 0.05) is 4.91 Å². The van der Waals surface area contributed by atoms with E-state index < -0.39 is 43.8 Å². The Morgan fingerprint density at radius 3 is 2.36 bits per heavy atom. The number of aliphatic hydroxyl groups is 2. The van der Waals surface area contributed by atoms with E-state index in [-0.39, 0.29) is 26.2 Å². The van der Waals surface area contributed by atoms with Crippen LogP contribution in [0.5, 0.6) is 0 Å². The van der Waals surface area contributed by atoms with E-state index in [2.05, 4.69) is 10.0 Å². The van der Waals surface area contributed by atoms with Gasteiger partial charge in [-0.25, -0.2) is 0 Å². The lowest BCUT2D eigenvalue weighted by Crippen LogP contribution is -2.35. The molecule has 12 heteroatoms. The number of hydrogen-bond donors (Lipinski definition) is 2. The maximum Gasteiger partial charge on any atom is 0.344 e. The topological polar surface area (TPSA) is 160 Å². The molecule has 0 amide bonds. The summed E-state index contributed by atoms with van der Waals surface area (Å²) in [7, 11) is -3.91. The van der Waals surface area contributed by atoms with Gasteiger partial charge in [-0.1, -0.05) is 5.11 Å². The van der Waals surface area contributed by atoms with Gasteiger partial charge in [-0.3, -0.25) is 9.36 Å². The molecule has 1 fully saturated rings. The van der Waals surface area contributed by atoms with Gasteiger partial charge in [0.1, 0.15) is 6.10 Å². The molecule has 5 atom stereocenters. The van der Waals surface area contributed by atoms with Crippen LogP contribution in [0.3, 0.4) is 0 Å². The van der Waals surface area contributed by atoms with Crippen molar-refractivity contribution in [3.63, 3.8) is 0 Å². The van der Waals surface area contributed by atoms with Crippen molar-refractivity contribution in [2.75, 3.05) is 19.8 Å². The lowest BCUT2D eigenvalue weighted by molar-refractivity contribution is -0.146. The Balaban J connectivity index is 3.13. The number of carbonyl (C=O) groups excluding carboxylic acids is 1. The van der Waals surface area contributed by atoms with Gasteiger partial charge in [0.2, 0.25) is 0 Å². The van der Waals surface area contributed by atoms with Crippen molar-refractivity contribution in [1.82, 2.24) is 0 Å². The average Bonchev–Trinajstić information content (AvgIpc) is 2.81. The Morgan fingerprint density at radius 1 is 1.28 bits per heavy atom. The molecule has 0 saturated carbocycles. The minimum atomic E-state index is -3.91. The molecule has 0 aromatic carbocycles. The summed E-state index contributed by atoms with van der Waals surface area (Å²) in [4.78, 5) is 14.9. The first kappa shape index (κ1) is 21.9. The maximum atomic E-state index is 13.0. The van der Waals surface area contributed by atoms with Crippen molar-refractivity contribution in [2.45, 2.75) is 57.4 Å². The van der Waals surface area contributed by atoms with Crippen LogP contribution in [0.15, 0.2) is 5.11 Å². The van der Waals surface area contributed by atoms with Crippen molar-refractivity contribution in [3.8, 4) is 0 Å². The van der Waals surface area contributed by atoms with Gasteiger partial charge >= 0.3 is 13.6 Å². The van der Waals surface area contributed by atoms with Crippen LogP contribution in [0.1, 0.15) is 27.2 Å². The normalized spacial score (nSPS) is 27.6. The number of ether oxygens (including phenoxy) is 2. The van der Waals surface area contributed by atoms with E-state index in [1.54, 1.807) is 20.8 Å². The van der Waals surface area contributed by atoms with E-state index in [1.807, 2.05) is 0 Å². The first-order valence-corrected chi connectivity index (χ1v) is 9.56. The monoisotopic (exact) mass is 381 g/mol. The second-order valence-electron chi connectivity index (χ2n) is 5.13. The SMILES string of the molecule is CCOC(=O)C(CC1OC(O)C(O)C1N=[N+]=[N-])P(=O)(OCC)OCC. The summed E-state index contributed by atoms with van der Waals surface area (Å²) in [6, 6.07) is -1.16. The Morgan fingerprint density at radius 2 is 1.88 bits per heavy atom. The zero-order valence-corrected chi connectivity index (χ0v) is 15.2. The zero-order valence-electron chi connectivity index (χ0n) is 14.3. The Kier molecular flexibility index (Phi) is 8.81. The number of rotatable bonds is 10. The third kappa shape index (κ3) is 5.39. The molecule has 25 heavy (non-hydrogen) atoms. The van der Waals surface area contributed by atoms with Crippen molar-refractivity contribution < 1.29 is 38.1 Å². The van der Waals surface area contributed by atoms with Crippen LogP contribution in [0.4, 0.5) is 0 Å². The maximum absolute atomic E-state index is 13.0. The minimum Gasteiger partial charge on any atom is -0.465 e. The number of hydrogen-bond acceptors (Lipinski definition) is 9. The minimum absolute atomic E-state index is 0.0315. The van der Waals surface area contributed by atoms with Crippen LogP contribution in [-0.4, -0.2) is 66.2 Å². The molecule has 0 aromatic heterocycles. The Labute approximate surface area is 145 Å². The largest absolute Gasteiger partial charge is 0.465 e. The van der Waals surface area contributed by atoms with Crippen molar-refractivity contribution in [3.05, 3.63) is 10.4 Å². The van der Waals surface area contributed by atoms with Crippen LogP contribution in [-0.2, 0) is 27.9 Å². The van der Waals surface area contributed by atoms with Gasteiger partial charge in [-0.15, -0.1) is 0 Å². The highest BCUT2D eigenvalue weighted by Gasteiger charge is 2.49. The number of nitrogens with zero attached hydrogens (tertiary/aromatic N) is 3. The molecule has 1 rings (SSSR count). The van der Waals surface area contributed by atoms with Crippen molar-refractivity contribution in [2.24, 2.45) is 5.11 Å². The second-order valence-corrected chi connectivity index (χ2v) is 7.35. The third-order valence-corrected chi connectivity index (χ3v) is 5.96. The number of esters is 1. The quantitative estimate of drug-likeness (QED) is 0.188. The molecule has 5 unspecified atom stereocenters. The van der Waals surface area contributed by atoms with Crippen LogP contribution in [0.2, 0.25) is 0 Å². The number of aliphatic hydroxyl groups excluding tert-OH is 2. The van der Waals surface area contributed by atoms with Crippen LogP contribution < -0.4 is 0 Å². The van der Waals surface area contributed by atoms with Gasteiger partial charge in [0.15, 0.2) is 11.9 Å². The fourth-order valence-corrected chi connectivity index (χ4v) is 4.47. The molecule has 1 aliphatic heterocycles. The highest BCUT2D eigenvalue weighted by molar-refractivity contribution is 7.55. The number of azide groups is 1. The van der Waals surface area contributed by atoms with Crippen LogP contribution in [0, 0.1) is 0 Å². The van der Waals surface area contributed by atoms with E-state index in [1.165, 1.54) is 0 Å². The summed E-state index contributed by atoms with van der Waals surface area (Å²) in [5, 5.41) is 22.9. The molecular weight excluding hydrogens is 357 g/mol. The zero-order chi connectivity index (χ0) is 19.0. The van der Waals surface area contributed by atoms with E-state index in [9.17, 15) is 19.6 Å². The molecule has 2 N–H and O–H groups in total. The third-order valence-electron chi connectivity index (χ3n) is 3.54. The molecule has 1 aliphatic rings. The molecule has 0 spiro atoms. The van der Waals surface area contributed by atoms with Gasteiger partial charge in [0.25, 0.3) is 0 Å². The fraction of sp³-hybridized carbons (Fsp3) is 0.923. The summed E-state index contributed by atoms with van der Waals surface area (Å²) in [6.45, 7) is 4.88. The molecular formula is C13H24N3O8P. The molecule has 1 heterocycles. The first-order valence-electron chi connectivity index (χ1n) is 7.95. The lowest BCUT2D eigenvalue weighted by Gasteiger charge is -2.27. The van der Waals surface area contributed by atoms with E-state index >= 15 is 0 Å². The molecule has 0 radical (unpaired) electrons. The Bertz CT molecular complexity index is 531. The first-order chi connectivity index (χ1) is 11.8.